The van der Waals surface area contributed by atoms with Crippen LogP contribution in [-0.4, -0.2) is 55.1 Å². The van der Waals surface area contributed by atoms with Crippen LogP contribution in [-0.2, 0) is 29.5 Å². The van der Waals surface area contributed by atoms with Gasteiger partial charge in [-0.3, -0.25) is 19.8 Å². The van der Waals surface area contributed by atoms with Gasteiger partial charge in [-0.05, 0) is 54.7 Å². The molecule has 0 saturated carbocycles. The molecule has 4 N–H and O–H groups in total. The second-order valence-electron chi connectivity index (χ2n) is 10.3. The summed E-state index contributed by atoms with van der Waals surface area (Å²) in [7, 11) is -3.64. The third kappa shape index (κ3) is 6.67. The van der Waals surface area contributed by atoms with Gasteiger partial charge in [0.05, 0.1) is 10.5 Å². The van der Waals surface area contributed by atoms with Gasteiger partial charge in [0.25, 0.3) is 11.8 Å². The number of hydrogen-bond acceptors (Lipinski definition) is 7. The zero-order chi connectivity index (χ0) is 29.0. The number of imide groups is 1. The number of nitrogens with one attached hydrogen (secondary N) is 2. The molecule has 0 spiro atoms. The first-order valence-corrected chi connectivity index (χ1v) is 15.9. The van der Waals surface area contributed by atoms with Gasteiger partial charge in [-0.15, -0.1) is 11.3 Å². The topological polar surface area (TPSA) is 142 Å². The maximum atomic E-state index is 13.2. The number of anilines is 1. The minimum atomic E-state index is -3.64. The molecule has 1 fully saturated rings. The summed E-state index contributed by atoms with van der Waals surface area (Å²) >= 11 is 1.29. The van der Waals surface area contributed by atoms with E-state index in [1.807, 2.05) is 18.2 Å². The molecule has 0 bridgehead atoms. The molecule has 10 nitrogen and oxygen atoms in total. The van der Waals surface area contributed by atoms with Crippen LogP contribution < -0.4 is 16.4 Å². The summed E-state index contributed by atoms with van der Waals surface area (Å²) < 4.78 is 27.7. The molecule has 12 heteroatoms. The minimum absolute atomic E-state index is 0.141. The second-order valence-corrected chi connectivity index (χ2v) is 13.3. The Bertz CT molecular complexity index is 1530. The summed E-state index contributed by atoms with van der Waals surface area (Å²) in [5, 5.41) is 5.27. The number of sulfonamides is 1. The molecule has 1 aromatic heterocycles. The van der Waals surface area contributed by atoms with Gasteiger partial charge in [-0.25, -0.2) is 13.2 Å². The third-order valence-electron chi connectivity index (χ3n) is 7.40. The van der Waals surface area contributed by atoms with E-state index in [0.29, 0.717) is 37.6 Å². The minimum Gasteiger partial charge on any atom is -0.351 e. The highest BCUT2D eigenvalue weighted by Gasteiger charge is 2.30. The van der Waals surface area contributed by atoms with Crippen LogP contribution in [0.15, 0.2) is 59.5 Å². The van der Waals surface area contributed by atoms with Crippen molar-refractivity contribution in [1.29, 1.82) is 0 Å². The molecule has 2 aliphatic heterocycles. The number of thiophene rings is 1. The zero-order valence-corrected chi connectivity index (χ0v) is 24.2. The number of benzene rings is 2. The number of primary amides is 1. The predicted octanol–water partition coefficient (Wildman–Crippen LogP) is 3.93. The van der Waals surface area contributed by atoms with E-state index < -0.39 is 27.9 Å². The monoisotopic (exact) mass is 595 g/mol. The second kappa shape index (κ2) is 12.5. The van der Waals surface area contributed by atoms with Crippen LogP contribution in [0.25, 0.3) is 0 Å². The fourth-order valence-electron chi connectivity index (χ4n) is 5.32. The van der Waals surface area contributed by atoms with Crippen LogP contribution in [0.4, 0.5) is 9.80 Å². The van der Waals surface area contributed by atoms with E-state index in [4.69, 9.17) is 5.73 Å². The van der Waals surface area contributed by atoms with E-state index >= 15 is 0 Å². The summed E-state index contributed by atoms with van der Waals surface area (Å²) in [6.45, 7) is 3.02. The van der Waals surface area contributed by atoms with Crippen molar-refractivity contribution >= 4 is 44.2 Å². The van der Waals surface area contributed by atoms with Crippen LogP contribution in [0, 0.1) is 0 Å². The zero-order valence-electron chi connectivity index (χ0n) is 22.6. The van der Waals surface area contributed by atoms with Gasteiger partial charge in [0.15, 0.2) is 0 Å². The average molecular weight is 596 g/mol. The van der Waals surface area contributed by atoms with Crippen LogP contribution in [0.3, 0.4) is 0 Å². The van der Waals surface area contributed by atoms with Gasteiger partial charge in [-0.2, -0.15) is 4.31 Å². The number of hydrogen-bond donors (Lipinski definition) is 3. The number of rotatable bonds is 7. The molecule has 0 unspecified atom stereocenters. The van der Waals surface area contributed by atoms with E-state index in [9.17, 15) is 22.8 Å². The van der Waals surface area contributed by atoms with Crippen molar-refractivity contribution in [3.63, 3.8) is 0 Å². The molecule has 4 amide bonds. The van der Waals surface area contributed by atoms with E-state index in [1.165, 1.54) is 45.5 Å². The van der Waals surface area contributed by atoms with Crippen LogP contribution in [0.1, 0.15) is 62.4 Å². The summed E-state index contributed by atoms with van der Waals surface area (Å²) in [5.74, 6) is -1.16. The first kappa shape index (κ1) is 28.9. The number of carbonyl (C=O) groups excluding carboxylic acids is 3. The molecule has 41 heavy (non-hydrogen) atoms. The molecule has 5 rings (SSSR count). The summed E-state index contributed by atoms with van der Waals surface area (Å²) in [6.07, 6.45) is 4.27. The lowest BCUT2D eigenvalue weighted by molar-refractivity contribution is 0.0965. The highest BCUT2D eigenvalue weighted by Crippen LogP contribution is 2.38. The average Bonchev–Trinajstić information content (AvgIpc) is 3.10. The number of nitrogens with two attached hydrogens (primary N) is 1. The number of carbonyl (C=O) groups is 3. The highest BCUT2D eigenvalue weighted by atomic mass is 32.2. The van der Waals surface area contributed by atoms with E-state index in [2.05, 4.69) is 27.7 Å². The van der Waals surface area contributed by atoms with E-state index in [1.54, 1.807) is 0 Å². The Morgan fingerprint density at radius 1 is 0.878 bits per heavy atom. The quantitative estimate of drug-likeness (QED) is 0.378. The molecule has 0 radical (unpaired) electrons. The Morgan fingerprint density at radius 2 is 1.56 bits per heavy atom. The molecule has 0 aliphatic carbocycles. The molecule has 1 saturated heterocycles. The predicted molar refractivity (Wildman–Crippen MR) is 157 cm³/mol. The summed E-state index contributed by atoms with van der Waals surface area (Å²) in [5.41, 5.74) is 7.66. The maximum absolute atomic E-state index is 13.2. The molecule has 2 aromatic carbocycles. The van der Waals surface area contributed by atoms with Gasteiger partial charge in [0, 0.05) is 43.2 Å². The highest BCUT2D eigenvalue weighted by molar-refractivity contribution is 7.89. The van der Waals surface area contributed by atoms with Crippen LogP contribution in [0.2, 0.25) is 0 Å². The SMILES string of the molecule is NC(=O)NC(=O)c1c(NC(=O)c2ccc(S(=O)(=O)N3CCCCCC3)cc2)sc2c1CCN(Cc1ccccc1)C2. The first-order valence-electron chi connectivity index (χ1n) is 13.7. The van der Waals surface area contributed by atoms with Crippen molar-refractivity contribution in [3.8, 4) is 0 Å². The van der Waals surface area contributed by atoms with Gasteiger partial charge < -0.3 is 11.1 Å². The Kier molecular flexibility index (Phi) is 8.83. The molecule has 3 heterocycles. The number of fused-ring (bicyclic) bond motifs is 1. The van der Waals surface area contributed by atoms with E-state index in [-0.39, 0.29) is 16.0 Å². The largest absolute Gasteiger partial charge is 0.351 e. The Balaban J connectivity index is 1.35. The molecular formula is C29H33N5O5S2. The van der Waals surface area contributed by atoms with Gasteiger partial charge in [0.2, 0.25) is 10.0 Å². The first-order chi connectivity index (χ1) is 19.7. The normalized spacial score (nSPS) is 16.4. The van der Waals surface area contributed by atoms with Crippen molar-refractivity contribution in [1.82, 2.24) is 14.5 Å². The summed E-state index contributed by atoms with van der Waals surface area (Å²) in [6, 6.07) is 14.9. The van der Waals surface area contributed by atoms with Gasteiger partial charge in [0.1, 0.15) is 5.00 Å². The smallest absolute Gasteiger partial charge is 0.319 e. The van der Waals surface area contributed by atoms with Crippen molar-refractivity contribution in [2.24, 2.45) is 5.73 Å². The van der Waals surface area contributed by atoms with Crippen LogP contribution in [0.5, 0.6) is 0 Å². The lowest BCUT2D eigenvalue weighted by Crippen LogP contribution is -2.36. The number of urea groups is 1. The van der Waals surface area contributed by atoms with Crippen molar-refractivity contribution in [3.05, 3.63) is 81.7 Å². The lowest BCUT2D eigenvalue weighted by atomic mass is 10.0. The molecule has 2 aliphatic rings. The van der Waals surface area contributed by atoms with Gasteiger partial charge in [-0.1, -0.05) is 43.2 Å². The Morgan fingerprint density at radius 3 is 2.22 bits per heavy atom. The third-order valence-corrected chi connectivity index (χ3v) is 10.4. The number of amides is 4. The molecular weight excluding hydrogens is 562 g/mol. The lowest BCUT2D eigenvalue weighted by Gasteiger charge is -2.27. The standard InChI is InChI=1S/C29H33N5O5S2/c30-29(37)32-27(36)25-23-14-17-33(18-20-8-4-3-5-9-20)19-24(23)40-28(25)31-26(35)21-10-12-22(13-11-21)41(38,39)34-15-6-1-2-7-16-34/h3-5,8-13H,1-2,6-7,14-19H2,(H,31,35)(H3,30,32,36,37). The fraction of sp³-hybridized carbons (Fsp3) is 0.345. The Labute approximate surface area is 243 Å². The van der Waals surface area contributed by atoms with Crippen LogP contribution >= 0.6 is 11.3 Å². The molecule has 3 aromatic rings. The summed E-state index contributed by atoms with van der Waals surface area (Å²) in [4.78, 5) is 41.0. The number of nitrogens with zero attached hydrogens (tertiary/aromatic N) is 2. The van der Waals surface area contributed by atoms with Gasteiger partial charge >= 0.3 is 6.03 Å². The fourth-order valence-corrected chi connectivity index (χ4v) is 8.12. The van der Waals surface area contributed by atoms with Crippen molar-refractivity contribution in [2.45, 2.75) is 50.1 Å². The molecule has 0 atom stereocenters. The maximum Gasteiger partial charge on any atom is 0.319 e. The van der Waals surface area contributed by atoms with E-state index in [0.717, 1.165) is 42.7 Å². The van der Waals surface area contributed by atoms with Crippen molar-refractivity contribution in [2.75, 3.05) is 25.0 Å². The van der Waals surface area contributed by atoms with Crippen molar-refractivity contribution < 1.29 is 22.8 Å². The Hall–Kier alpha value is -3.58. The molecule has 216 valence electrons.